The lowest BCUT2D eigenvalue weighted by molar-refractivity contribution is -0.111. The summed E-state index contributed by atoms with van der Waals surface area (Å²) in [6.07, 6.45) is -1.98. The van der Waals surface area contributed by atoms with Gasteiger partial charge in [-0.2, -0.15) is 0 Å². The number of rotatable bonds is 10. The molecule has 3 unspecified atom stereocenters. The molecule has 2 bridgehead atoms. The predicted molar refractivity (Wildman–Crippen MR) is 151 cm³/mol. The van der Waals surface area contributed by atoms with Crippen LogP contribution in [0.4, 0.5) is 18.9 Å². The summed E-state index contributed by atoms with van der Waals surface area (Å²) in [7, 11) is -7.82. The third-order valence-corrected chi connectivity index (χ3v) is 11.8. The largest absolute Gasteiger partial charge is 0.390 e. The molecule has 16 heteroatoms. The maximum Gasteiger partial charge on any atom is 0.255 e. The molecule has 238 valence electrons. The summed E-state index contributed by atoms with van der Waals surface area (Å²) in [5.74, 6) is -7.01. The number of benzene rings is 2. The van der Waals surface area contributed by atoms with E-state index in [2.05, 4.69) is 10.0 Å². The van der Waals surface area contributed by atoms with Crippen LogP contribution in [0.1, 0.15) is 43.0 Å². The quantitative estimate of drug-likeness (QED) is 0.241. The summed E-state index contributed by atoms with van der Waals surface area (Å²) >= 11 is 6.25. The molecule has 0 heterocycles. The zero-order valence-electron chi connectivity index (χ0n) is 23.1. The first-order chi connectivity index (χ1) is 19.8. The van der Waals surface area contributed by atoms with E-state index in [1.807, 2.05) is 6.92 Å². The van der Waals surface area contributed by atoms with Crippen LogP contribution >= 0.6 is 11.6 Å². The molecule has 43 heavy (non-hydrogen) atoms. The molecule has 0 aromatic heterocycles. The lowest BCUT2D eigenvalue weighted by atomic mass is 9.70. The molecule has 0 saturated heterocycles. The van der Waals surface area contributed by atoms with Gasteiger partial charge in [-0.1, -0.05) is 18.5 Å². The summed E-state index contributed by atoms with van der Waals surface area (Å²) in [6.45, 7) is 1.38. The molecule has 4 rings (SSSR count). The second-order valence-corrected chi connectivity index (χ2v) is 15.9. The van der Waals surface area contributed by atoms with Crippen molar-refractivity contribution in [2.45, 2.75) is 60.6 Å². The molecular weight excluding hydrogens is 637 g/mol. The van der Waals surface area contributed by atoms with Gasteiger partial charge < -0.3 is 20.6 Å². The zero-order chi connectivity index (χ0) is 32.1. The Bertz CT molecular complexity index is 1600. The van der Waals surface area contributed by atoms with Crippen LogP contribution in [0.25, 0.3) is 0 Å². The molecular formula is C27H32ClF3N2O8S2. The van der Waals surface area contributed by atoms with E-state index in [-0.39, 0.29) is 40.7 Å². The van der Waals surface area contributed by atoms with E-state index >= 15 is 0 Å². The number of aliphatic hydroxyl groups excluding tert-OH is 2. The molecule has 10 nitrogen and oxygen atoms in total. The highest BCUT2D eigenvalue weighted by Gasteiger charge is 2.59. The number of fused-ring (bicyclic) bond motifs is 2. The van der Waals surface area contributed by atoms with E-state index in [4.69, 9.17) is 11.6 Å². The average molecular weight is 669 g/mol. The van der Waals surface area contributed by atoms with Gasteiger partial charge in [0.25, 0.3) is 5.91 Å². The van der Waals surface area contributed by atoms with Crippen LogP contribution in [-0.2, 0) is 19.9 Å². The number of nitrogens with one attached hydrogen (secondary N) is 2. The third-order valence-electron chi connectivity index (χ3n) is 8.47. The standard InChI is InChI=1S/C27H32ClF3N2O8S2/c1-13-5-15-7-17(10-18(13)27(15,37)11-22(34)23(35)12-32-42(2,38)39)43(40,41)24-6-14(3-4-19(24)28)26(36)33-16-8-20(29)25(31)21(30)9-16/h3-4,6,8-9,13,15,17-18,22-23,32,34-35,37H,5,7,10-12H2,1-2H3,(H,33,36)/t13-,15?,17+,18+,22?,23?,27+/m0/s1. The number of halogens is 4. The van der Waals surface area contributed by atoms with Gasteiger partial charge in [-0.15, -0.1) is 0 Å². The van der Waals surface area contributed by atoms with Crippen LogP contribution in [0.2, 0.25) is 5.02 Å². The first kappa shape index (κ1) is 33.6. The highest BCUT2D eigenvalue weighted by molar-refractivity contribution is 7.92. The Balaban J connectivity index is 1.53. The van der Waals surface area contributed by atoms with Crippen molar-refractivity contribution >= 4 is 43.1 Å². The van der Waals surface area contributed by atoms with Gasteiger partial charge in [0.15, 0.2) is 27.3 Å². The number of sulfone groups is 1. The Morgan fingerprint density at radius 3 is 2.26 bits per heavy atom. The fourth-order valence-corrected chi connectivity index (χ4v) is 9.18. The van der Waals surface area contributed by atoms with Crippen LogP contribution in [-0.4, -0.2) is 73.9 Å². The molecule has 2 aromatic rings. The number of anilines is 1. The molecule has 0 radical (unpaired) electrons. The van der Waals surface area contributed by atoms with Crippen LogP contribution in [0.3, 0.4) is 0 Å². The lowest BCUT2D eigenvalue weighted by Crippen LogP contribution is -2.52. The van der Waals surface area contributed by atoms with Crippen LogP contribution in [0.5, 0.6) is 0 Å². The first-order valence-corrected chi connectivity index (χ1v) is 17.2. The first-order valence-electron chi connectivity index (χ1n) is 13.4. The minimum Gasteiger partial charge on any atom is -0.390 e. The predicted octanol–water partition coefficient (Wildman–Crippen LogP) is 2.61. The lowest BCUT2D eigenvalue weighted by Gasteiger charge is -2.44. The van der Waals surface area contributed by atoms with Gasteiger partial charge in [0.05, 0.1) is 39.2 Å². The van der Waals surface area contributed by atoms with E-state index in [0.717, 1.165) is 12.3 Å². The molecule has 1 amide bonds. The maximum absolute atomic E-state index is 13.8. The summed E-state index contributed by atoms with van der Waals surface area (Å²) in [5.41, 5.74) is -2.11. The van der Waals surface area contributed by atoms with Gasteiger partial charge in [0.2, 0.25) is 10.0 Å². The van der Waals surface area contributed by atoms with E-state index in [1.165, 1.54) is 12.1 Å². The number of carbonyl (C=O) groups excluding carboxylic acids is 1. The summed E-state index contributed by atoms with van der Waals surface area (Å²) < 4.78 is 92.8. The van der Waals surface area contributed by atoms with Crippen LogP contribution in [0, 0.1) is 35.2 Å². The summed E-state index contributed by atoms with van der Waals surface area (Å²) in [4.78, 5) is 12.4. The molecule has 2 saturated carbocycles. The monoisotopic (exact) mass is 668 g/mol. The van der Waals surface area contributed by atoms with Crippen molar-refractivity contribution in [2.24, 2.45) is 17.8 Å². The molecule has 2 aromatic carbocycles. The third kappa shape index (κ3) is 7.02. The molecule has 0 aliphatic heterocycles. The Hall–Kier alpha value is -2.27. The number of aliphatic hydroxyl groups is 3. The Morgan fingerprint density at radius 2 is 1.67 bits per heavy atom. The number of amides is 1. The van der Waals surface area contributed by atoms with Crippen molar-refractivity contribution in [3.8, 4) is 0 Å². The molecule has 5 N–H and O–H groups in total. The van der Waals surface area contributed by atoms with E-state index < -0.39 is 90.3 Å². The molecule has 2 aliphatic carbocycles. The smallest absolute Gasteiger partial charge is 0.255 e. The minimum atomic E-state index is -4.19. The van der Waals surface area contributed by atoms with Crippen molar-refractivity contribution in [1.82, 2.24) is 4.72 Å². The number of hydrogen-bond donors (Lipinski definition) is 5. The molecule has 2 aliphatic rings. The molecule has 0 spiro atoms. The van der Waals surface area contributed by atoms with Gasteiger partial charge >= 0.3 is 0 Å². The van der Waals surface area contributed by atoms with Crippen molar-refractivity contribution in [1.29, 1.82) is 0 Å². The van der Waals surface area contributed by atoms with E-state index in [9.17, 15) is 50.1 Å². The Kier molecular flexibility index (Phi) is 9.58. The van der Waals surface area contributed by atoms with Gasteiger partial charge in [0.1, 0.15) is 0 Å². The Morgan fingerprint density at radius 1 is 1.05 bits per heavy atom. The number of sulfonamides is 1. The fraction of sp³-hybridized carbons (Fsp3) is 0.519. The van der Waals surface area contributed by atoms with Crippen molar-refractivity contribution in [3.63, 3.8) is 0 Å². The van der Waals surface area contributed by atoms with Crippen LogP contribution in [0.15, 0.2) is 35.2 Å². The van der Waals surface area contributed by atoms with E-state index in [1.54, 1.807) is 0 Å². The van der Waals surface area contributed by atoms with Crippen molar-refractivity contribution in [3.05, 3.63) is 58.4 Å². The van der Waals surface area contributed by atoms with Gasteiger partial charge in [-0.25, -0.2) is 34.7 Å². The SMILES string of the molecule is C[C@H]1CC2C[C@@H](S(=O)(=O)c3cc(C(=O)Nc4cc(F)c(F)c(F)c4)ccc3Cl)C[C@H]1[C@@]2(O)CC(O)C(O)CNS(C)(=O)=O. The van der Waals surface area contributed by atoms with E-state index in [0.29, 0.717) is 18.6 Å². The van der Waals surface area contributed by atoms with Gasteiger partial charge in [-0.3, -0.25) is 4.79 Å². The van der Waals surface area contributed by atoms with Crippen molar-refractivity contribution in [2.75, 3.05) is 18.1 Å². The second-order valence-electron chi connectivity index (χ2n) is 11.5. The maximum atomic E-state index is 13.8. The number of hydrogen-bond acceptors (Lipinski definition) is 8. The average Bonchev–Trinajstić information content (AvgIpc) is 3.02. The van der Waals surface area contributed by atoms with Crippen LogP contribution < -0.4 is 10.0 Å². The second kappa shape index (κ2) is 12.3. The zero-order valence-corrected chi connectivity index (χ0v) is 25.5. The molecule has 2 fully saturated rings. The fourth-order valence-electron chi connectivity index (χ4n) is 6.33. The van der Waals surface area contributed by atoms with Gasteiger partial charge in [-0.05, 0) is 55.2 Å². The minimum absolute atomic E-state index is 0.00896. The normalized spacial score (nSPS) is 27.1. The summed E-state index contributed by atoms with van der Waals surface area (Å²) in [6, 6.07) is 4.58. The number of carbonyl (C=O) groups is 1. The van der Waals surface area contributed by atoms with Gasteiger partial charge in [0, 0.05) is 36.3 Å². The topological polar surface area (TPSA) is 170 Å². The summed E-state index contributed by atoms with van der Waals surface area (Å²) in [5, 5.41) is 33.5. The Labute approximate surface area is 252 Å². The highest BCUT2D eigenvalue weighted by atomic mass is 35.5. The van der Waals surface area contributed by atoms with Crippen molar-refractivity contribution < 1.29 is 50.1 Å². The highest BCUT2D eigenvalue weighted by Crippen LogP contribution is 2.56. The molecule has 7 atom stereocenters.